The summed E-state index contributed by atoms with van der Waals surface area (Å²) < 4.78 is 11.3. The van der Waals surface area contributed by atoms with Gasteiger partial charge in [0, 0.05) is 44.5 Å². The van der Waals surface area contributed by atoms with Crippen LogP contribution < -0.4 is 14.4 Å². The van der Waals surface area contributed by atoms with Crippen molar-refractivity contribution in [2.75, 3.05) is 44.8 Å². The van der Waals surface area contributed by atoms with Crippen LogP contribution in [0.5, 0.6) is 11.5 Å². The topological polar surface area (TPSA) is 69.0 Å². The van der Waals surface area contributed by atoms with Crippen LogP contribution >= 0.6 is 0 Å². The maximum absolute atomic E-state index is 9.59. The lowest BCUT2D eigenvalue weighted by Crippen LogP contribution is -2.27. The van der Waals surface area contributed by atoms with Gasteiger partial charge in [0.15, 0.2) is 0 Å². The average Bonchev–Trinajstić information content (AvgIpc) is 3.18. The number of anilines is 1. The van der Waals surface area contributed by atoms with E-state index in [0.717, 1.165) is 61.9 Å². The van der Waals surface area contributed by atoms with E-state index in [1.807, 2.05) is 30.3 Å². The van der Waals surface area contributed by atoms with Gasteiger partial charge in [-0.3, -0.25) is 4.90 Å². The Labute approximate surface area is 179 Å². The Morgan fingerprint density at radius 2 is 1.97 bits per heavy atom. The zero-order valence-corrected chi connectivity index (χ0v) is 17.9. The number of nitrogens with zero attached hydrogens (tertiary/aromatic N) is 3. The molecule has 1 unspecified atom stereocenters. The number of rotatable bonds is 10. The van der Waals surface area contributed by atoms with E-state index in [0.29, 0.717) is 13.0 Å². The molecule has 2 aromatic rings. The first-order valence-electron chi connectivity index (χ1n) is 10.5. The molecule has 1 saturated heterocycles. The molecule has 30 heavy (non-hydrogen) atoms. The van der Waals surface area contributed by atoms with E-state index in [2.05, 4.69) is 34.9 Å². The molecule has 6 heteroatoms. The number of hydrogen-bond donors (Lipinski definition) is 1. The van der Waals surface area contributed by atoms with Gasteiger partial charge < -0.3 is 19.5 Å². The number of β-amino-alcohol motifs (C(OH)–C–C–N with tert-alkyl or cyclic N) is 1. The summed E-state index contributed by atoms with van der Waals surface area (Å²) in [6.07, 6.45) is 1.03. The number of nitriles is 1. The number of ether oxygens (including phenoxy) is 2. The third-order valence-electron chi connectivity index (χ3n) is 5.50. The number of benzene rings is 2. The third-order valence-corrected chi connectivity index (χ3v) is 5.50. The van der Waals surface area contributed by atoms with Crippen molar-refractivity contribution in [3.63, 3.8) is 0 Å². The van der Waals surface area contributed by atoms with E-state index in [9.17, 15) is 5.11 Å². The molecule has 0 amide bonds. The molecular formula is C24H31N3O3. The Morgan fingerprint density at radius 3 is 2.60 bits per heavy atom. The van der Waals surface area contributed by atoms with E-state index < -0.39 is 0 Å². The summed E-state index contributed by atoms with van der Waals surface area (Å²) in [6, 6.07) is 16.3. The van der Waals surface area contributed by atoms with Crippen molar-refractivity contribution >= 4 is 5.69 Å². The highest BCUT2D eigenvalue weighted by atomic mass is 16.5. The molecule has 1 fully saturated rings. The lowest BCUT2D eigenvalue weighted by atomic mass is 10.1. The fourth-order valence-electron chi connectivity index (χ4n) is 3.79. The number of hydrogen-bond acceptors (Lipinski definition) is 6. The molecule has 1 atom stereocenters. The van der Waals surface area contributed by atoms with Crippen LogP contribution in [0.1, 0.15) is 24.5 Å². The molecule has 1 N–H and O–H groups in total. The van der Waals surface area contributed by atoms with Gasteiger partial charge in [0.1, 0.15) is 18.1 Å². The van der Waals surface area contributed by atoms with Crippen LogP contribution in [0, 0.1) is 11.3 Å². The summed E-state index contributed by atoms with van der Waals surface area (Å²) in [5, 5.41) is 18.8. The van der Waals surface area contributed by atoms with Gasteiger partial charge in [0.2, 0.25) is 0 Å². The summed E-state index contributed by atoms with van der Waals surface area (Å²) in [6.45, 7) is 6.82. The van der Waals surface area contributed by atoms with Crippen LogP contribution in [0.25, 0.3) is 0 Å². The molecule has 1 heterocycles. The van der Waals surface area contributed by atoms with E-state index >= 15 is 0 Å². The quantitative estimate of drug-likeness (QED) is 0.650. The largest absolute Gasteiger partial charge is 0.497 e. The van der Waals surface area contributed by atoms with Crippen LogP contribution in [0.2, 0.25) is 0 Å². The molecule has 6 nitrogen and oxygen atoms in total. The van der Waals surface area contributed by atoms with Crippen molar-refractivity contribution in [3.05, 3.63) is 53.6 Å². The molecule has 3 rings (SSSR count). The highest BCUT2D eigenvalue weighted by Crippen LogP contribution is 2.28. The Hall–Kier alpha value is -2.75. The van der Waals surface area contributed by atoms with Crippen LogP contribution in [-0.2, 0) is 13.0 Å². The summed E-state index contributed by atoms with van der Waals surface area (Å²) in [5.74, 6) is 1.65. The molecule has 0 saturated carbocycles. The zero-order valence-electron chi connectivity index (χ0n) is 17.9. The molecule has 160 valence electrons. The summed E-state index contributed by atoms with van der Waals surface area (Å²) in [4.78, 5) is 4.48. The van der Waals surface area contributed by atoms with Gasteiger partial charge in [0.05, 0.1) is 25.7 Å². The minimum Gasteiger partial charge on any atom is -0.497 e. The van der Waals surface area contributed by atoms with Gasteiger partial charge in [-0.25, -0.2) is 0 Å². The van der Waals surface area contributed by atoms with Crippen molar-refractivity contribution in [2.45, 2.75) is 32.4 Å². The smallest absolute Gasteiger partial charge is 0.120 e. The molecule has 0 radical (unpaired) electrons. The highest BCUT2D eigenvalue weighted by Gasteiger charge is 2.19. The Bertz CT molecular complexity index is 848. The van der Waals surface area contributed by atoms with Gasteiger partial charge in [0.25, 0.3) is 0 Å². The van der Waals surface area contributed by atoms with Crippen LogP contribution in [-0.4, -0.2) is 56.0 Å². The maximum Gasteiger partial charge on any atom is 0.120 e. The van der Waals surface area contributed by atoms with Crippen molar-refractivity contribution in [1.29, 1.82) is 5.26 Å². The van der Waals surface area contributed by atoms with Crippen molar-refractivity contribution in [3.8, 4) is 17.6 Å². The fourth-order valence-corrected chi connectivity index (χ4v) is 3.79. The minimum atomic E-state index is -0.191. The SMILES string of the molecule is CCN(Cc1ccc(OCCN2CCC(O)C2)cc1)c1cc(OC)ccc1CC#N. The summed E-state index contributed by atoms with van der Waals surface area (Å²) >= 11 is 0. The Balaban J connectivity index is 1.60. The van der Waals surface area contributed by atoms with E-state index in [1.165, 1.54) is 5.56 Å². The number of likely N-dealkylation sites (tertiary alicyclic amines) is 1. The first-order chi connectivity index (χ1) is 14.6. The zero-order chi connectivity index (χ0) is 21.3. The van der Waals surface area contributed by atoms with Gasteiger partial charge in [-0.1, -0.05) is 18.2 Å². The van der Waals surface area contributed by atoms with Crippen LogP contribution in [0.15, 0.2) is 42.5 Å². The van der Waals surface area contributed by atoms with E-state index in [-0.39, 0.29) is 6.10 Å². The lowest BCUT2D eigenvalue weighted by Gasteiger charge is -2.26. The Kier molecular flexibility index (Phi) is 7.95. The number of aliphatic hydroxyl groups excluding tert-OH is 1. The molecule has 0 spiro atoms. The minimum absolute atomic E-state index is 0.191. The van der Waals surface area contributed by atoms with Gasteiger partial charge in [-0.2, -0.15) is 5.26 Å². The molecule has 0 bridgehead atoms. The van der Waals surface area contributed by atoms with Crippen molar-refractivity contribution in [1.82, 2.24) is 4.90 Å². The highest BCUT2D eigenvalue weighted by molar-refractivity contribution is 5.58. The van der Waals surface area contributed by atoms with Gasteiger partial charge >= 0.3 is 0 Å². The second-order valence-electron chi connectivity index (χ2n) is 7.58. The monoisotopic (exact) mass is 409 g/mol. The summed E-state index contributed by atoms with van der Waals surface area (Å²) in [7, 11) is 1.66. The Morgan fingerprint density at radius 1 is 1.20 bits per heavy atom. The maximum atomic E-state index is 9.59. The normalized spacial score (nSPS) is 16.3. The molecule has 2 aromatic carbocycles. The molecule has 1 aliphatic rings. The number of methoxy groups -OCH3 is 1. The van der Waals surface area contributed by atoms with Crippen molar-refractivity contribution < 1.29 is 14.6 Å². The van der Waals surface area contributed by atoms with E-state index in [4.69, 9.17) is 14.7 Å². The van der Waals surface area contributed by atoms with Gasteiger partial charge in [-0.05, 0) is 42.7 Å². The molecular weight excluding hydrogens is 378 g/mol. The van der Waals surface area contributed by atoms with E-state index in [1.54, 1.807) is 7.11 Å². The first-order valence-corrected chi connectivity index (χ1v) is 10.5. The predicted octanol–water partition coefficient (Wildman–Crippen LogP) is 3.23. The molecule has 0 aliphatic carbocycles. The first kappa shape index (κ1) is 21.9. The second kappa shape index (κ2) is 10.9. The standard InChI is InChI=1S/C24H31N3O3/c1-3-27(24-16-23(29-2)9-6-20(24)10-12-25)17-19-4-7-22(8-5-19)30-15-14-26-13-11-21(28)18-26/h4-9,16,21,28H,3,10-11,13-15,17-18H2,1-2H3. The van der Waals surface area contributed by atoms with Gasteiger partial charge in [-0.15, -0.1) is 0 Å². The molecule has 0 aromatic heterocycles. The number of aliphatic hydroxyl groups is 1. The lowest BCUT2D eigenvalue weighted by molar-refractivity contribution is 0.167. The van der Waals surface area contributed by atoms with Crippen LogP contribution in [0.4, 0.5) is 5.69 Å². The van der Waals surface area contributed by atoms with Crippen LogP contribution in [0.3, 0.4) is 0 Å². The second-order valence-corrected chi connectivity index (χ2v) is 7.58. The van der Waals surface area contributed by atoms with Crippen molar-refractivity contribution in [2.24, 2.45) is 0 Å². The molecule has 1 aliphatic heterocycles. The third kappa shape index (κ3) is 5.88. The average molecular weight is 410 g/mol. The predicted molar refractivity (Wildman–Crippen MR) is 118 cm³/mol. The summed E-state index contributed by atoms with van der Waals surface area (Å²) in [5.41, 5.74) is 3.22. The fraction of sp³-hybridized carbons (Fsp3) is 0.458.